The highest BCUT2D eigenvalue weighted by atomic mass is 79.9. The summed E-state index contributed by atoms with van der Waals surface area (Å²) in [5.74, 6) is -0.250. The van der Waals surface area contributed by atoms with E-state index in [9.17, 15) is 4.39 Å². The number of hydrogen-bond acceptors (Lipinski definition) is 2. The molecule has 78 valence electrons. The van der Waals surface area contributed by atoms with Crippen molar-refractivity contribution in [3.05, 3.63) is 34.1 Å². The minimum absolute atomic E-state index is 0.121. The van der Waals surface area contributed by atoms with Gasteiger partial charge < -0.3 is 5.11 Å². The number of nitrogens with zero attached hydrogens (tertiary/aromatic N) is 1. The third kappa shape index (κ3) is 3.36. The van der Waals surface area contributed by atoms with Crippen molar-refractivity contribution in [3.63, 3.8) is 0 Å². The van der Waals surface area contributed by atoms with Gasteiger partial charge in [-0.25, -0.2) is 4.39 Å². The van der Waals surface area contributed by atoms with Gasteiger partial charge in [0.05, 0.1) is 11.1 Å². The Bertz CT molecular complexity index is 306. The van der Waals surface area contributed by atoms with Crippen LogP contribution in [-0.2, 0) is 6.54 Å². The molecule has 0 aromatic heterocycles. The maximum atomic E-state index is 13.1. The standard InChI is InChI=1S/C10H13BrFNO/c1-13(4-5-14)7-8-2-3-9(11)10(12)6-8/h2-3,6,14H,4-5,7H2,1H3. The van der Waals surface area contributed by atoms with Gasteiger partial charge in [0.15, 0.2) is 0 Å². The Kier molecular flexibility index (Phi) is 4.51. The van der Waals surface area contributed by atoms with Crippen LogP contribution in [0.5, 0.6) is 0 Å². The molecule has 0 aliphatic heterocycles. The Morgan fingerprint density at radius 2 is 2.21 bits per heavy atom. The molecule has 0 bridgehead atoms. The first-order valence-corrected chi connectivity index (χ1v) is 5.16. The molecule has 0 atom stereocenters. The van der Waals surface area contributed by atoms with Gasteiger partial charge in [-0.2, -0.15) is 0 Å². The molecule has 0 fully saturated rings. The Labute approximate surface area is 91.5 Å². The van der Waals surface area contributed by atoms with E-state index >= 15 is 0 Å². The third-order valence-electron chi connectivity index (χ3n) is 1.92. The molecule has 0 aliphatic carbocycles. The maximum Gasteiger partial charge on any atom is 0.137 e. The Morgan fingerprint density at radius 1 is 1.50 bits per heavy atom. The summed E-state index contributed by atoms with van der Waals surface area (Å²) in [6.45, 7) is 1.36. The van der Waals surface area contributed by atoms with E-state index in [1.165, 1.54) is 6.07 Å². The minimum Gasteiger partial charge on any atom is -0.395 e. The second-order valence-corrected chi connectivity index (χ2v) is 4.06. The Balaban J connectivity index is 2.63. The quantitative estimate of drug-likeness (QED) is 0.897. The normalized spacial score (nSPS) is 10.9. The number of rotatable bonds is 4. The van der Waals surface area contributed by atoms with E-state index in [-0.39, 0.29) is 12.4 Å². The highest BCUT2D eigenvalue weighted by molar-refractivity contribution is 9.10. The van der Waals surface area contributed by atoms with E-state index < -0.39 is 0 Å². The molecule has 1 aromatic rings. The van der Waals surface area contributed by atoms with Crippen molar-refractivity contribution in [1.29, 1.82) is 0 Å². The van der Waals surface area contributed by atoms with Crippen LogP contribution >= 0.6 is 15.9 Å². The molecule has 14 heavy (non-hydrogen) atoms. The lowest BCUT2D eigenvalue weighted by atomic mass is 10.2. The van der Waals surface area contributed by atoms with Crippen LogP contribution in [0.2, 0.25) is 0 Å². The van der Waals surface area contributed by atoms with Crippen molar-refractivity contribution in [3.8, 4) is 0 Å². The largest absolute Gasteiger partial charge is 0.395 e. The first kappa shape index (κ1) is 11.6. The van der Waals surface area contributed by atoms with Crippen LogP contribution < -0.4 is 0 Å². The van der Waals surface area contributed by atoms with Crippen molar-refractivity contribution in [2.24, 2.45) is 0 Å². The Hall–Kier alpha value is -0.450. The smallest absolute Gasteiger partial charge is 0.137 e. The number of aliphatic hydroxyl groups excluding tert-OH is 1. The molecule has 4 heteroatoms. The Morgan fingerprint density at radius 3 is 2.79 bits per heavy atom. The van der Waals surface area contributed by atoms with Gasteiger partial charge in [-0.15, -0.1) is 0 Å². The number of likely N-dealkylation sites (N-methyl/N-ethyl adjacent to an activating group) is 1. The fourth-order valence-corrected chi connectivity index (χ4v) is 1.45. The van der Waals surface area contributed by atoms with E-state index in [1.54, 1.807) is 6.07 Å². The predicted molar refractivity (Wildman–Crippen MR) is 57.5 cm³/mol. The molecule has 0 saturated heterocycles. The summed E-state index contributed by atoms with van der Waals surface area (Å²) < 4.78 is 13.6. The second kappa shape index (κ2) is 5.44. The van der Waals surface area contributed by atoms with Crippen molar-refractivity contribution in [1.82, 2.24) is 4.90 Å². The zero-order valence-electron chi connectivity index (χ0n) is 8.00. The van der Waals surface area contributed by atoms with E-state index in [0.29, 0.717) is 17.6 Å². The van der Waals surface area contributed by atoms with Gasteiger partial charge in [0.1, 0.15) is 5.82 Å². The van der Waals surface area contributed by atoms with E-state index in [0.717, 1.165) is 5.56 Å². The molecule has 0 heterocycles. The van der Waals surface area contributed by atoms with Gasteiger partial charge in [0.2, 0.25) is 0 Å². The van der Waals surface area contributed by atoms with Crippen molar-refractivity contribution < 1.29 is 9.50 Å². The van der Waals surface area contributed by atoms with Gasteiger partial charge in [-0.3, -0.25) is 4.90 Å². The van der Waals surface area contributed by atoms with Gasteiger partial charge in [-0.1, -0.05) is 6.07 Å². The molecule has 1 rings (SSSR count). The highest BCUT2D eigenvalue weighted by Crippen LogP contribution is 2.16. The van der Waals surface area contributed by atoms with Crippen LogP contribution in [0.4, 0.5) is 4.39 Å². The summed E-state index contributed by atoms with van der Waals surface area (Å²) in [4.78, 5) is 1.93. The fraction of sp³-hybridized carbons (Fsp3) is 0.400. The molecule has 1 aromatic carbocycles. The number of aliphatic hydroxyl groups is 1. The van der Waals surface area contributed by atoms with Crippen LogP contribution in [0.15, 0.2) is 22.7 Å². The van der Waals surface area contributed by atoms with Crippen LogP contribution in [0.3, 0.4) is 0 Å². The van der Waals surface area contributed by atoms with E-state index in [2.05, 4.69) is 15.9 Å². The molecule has 0 unspecified atom stereocenters. The lowest BCUT2D eigenvalue weighted by Gasteiger charge is -2.14. The van der Waals surface area contributed by atoms with Gasteiger partial charge in [-0.05, 0) is 40.7 Å². The van der Waals surface area contributed by atoms with Crippen LogP contribution in [0.25, 0.3) is 0 Å². The SMILES string of the molecule is CN(CCO)Cc1ccc(Br)c(F)c1. The maximum absolute atomic E-state index is 13.1. The molecule has 2 nitrogen and oxygen atoms in total. The lowest BCUT2D eigenvalue weighted by molar-refractivity contribution is 0.217. The number of benzene rings is 1. The van der Waals surface area contributed by atoms with Gasteiger partial charge >= 0.3 is 0 Å². The fourth-order valence-electron chi connectivity index (χ4n) is 1.20. The average molecular weight is 262 g/mol. The van der Waals surface area contributed by atoms with Crippen molar-refractivity contribution in [2.75, 3.05) is 20.2 Å². The van der Waals surface area contributed by atoms with Crippen molar-refractivity contribution >= 4 is 15.9 Å². The monoisotopic (exact) mass is 261 g/mol. The predicted octanol–water partition coefficient (Wildman–Crippen LogP) is 2.01. The molecule has 0 amide bonds. The molecular weight excluding hydrogens is 249 g/mol. The van der Waals surface area contributed by atoms with E-state index in [4.69, 9.17) is 5.11 Å². The summed E-state index contributed by atoms with van der Waals surface area (Å²) in [6.07, 6.45) is 0. The zero-order valence-corrected chi connectivity index (χ0v) is 9.59. The van der Waals surface area contributed by atoms with Crippen molar-refractivity contribution in [2.45, 2.75) is 6.54 Å². The third-order valence-corrected chi connectivity index (χ3v) is 2.56. The van der Waals surface area contributed by atoms with E-state index in [1.807, 2.05) is 18.0 Å². The molecule has 0 spiro atoms. The van der Waals surface area contributed by atoms with Gasteiger partial charge in [0, 0.05) is 13.1 Å². The number of halogens is 2. The van der Waals surface area contributed by atoms with Crippen LogP contribution in [0, 0.1) is 5.82 Å². The minimum atomic E-state index is -0.250. The topological polar surface area (TPSA) is 23.5 Å². The summed E-state index contributed by atoms with van der Waals surface area (Å²) in [5.41, 5.74) is 0.904. The molecule has 0 aliphatic rings. The first-order valence-electron chi connectivity index (χ1n) is 4.37. The number of hydrogen-bond donors (Lipinski definition) is 1. The molecule has 0 saturated carbocycles. The van der Waals surface area contributed by atoms with Crippen LogP contribution in [0.1, 0.15) is 5.56 Å². The van der Waals surface area contributed by atoms with Crippen LogP contribution in [-0.4, -0.2) is 30.2 Å². The summed E-state index contributed by atoms with van der Waals surface area (Å²) in [5, 5.41) is 8.69. The molecular formula is C10H13BrFNO. The average Bonchev–Trinajstić information content (AvgIpc) is 2.12. The lowest BCUT2D eigenvalue weighted by Crippen LogP contribution is -2.21. The summed E-state index contributed by atoms with van der Waals surface area (Å²) in [7, 11) is 1.89. The summed E-state index contributed by atoms with van der Waals surface area (Å²) >= 11 is 3.10. The first-order chi connectivity index (χ1) is 6.63. The zero-order chi connectivity index (χ0) is 10.6. The molecule has 1 N–H and O–H groups in total. The molecule has 0 radical (unpaired) electrons. The highest BCUT2D eigenvalue weighted by Gasteiger charge is 2.03. The summed E-state index contributed by atoms with van der Waals surface area (Å²) in [6, 6.07) is 5.05. The van der Waals surface area contributed by atoms with Gasteiger partial charge in [0.25, 0.3) is 0 Å². The second-order valence-electron chi connectivity index (χ2n) is 3.21.